The van der Waals surface area contributed by atoms with Crippen molar-refractivity contribution in [3.63, 3.8) is 0 Å². The molecule has 0 aliphatic heterocycles. The Morgan fingerprint density at radius 1 is 0.588 bits per heavy atom. The zero-order valence-corrected chi connectivity index (χ0v) is 30.2. The van der Waals surface area contributed by atoms with Gasteiger partial charge in [-0.1, -0.05) is 26.3 Å². The fraction of sp³-hybridized carbons (Fsp3) is 0.559. The largest absolute Gasteiger partial charge is 0.490 e. The van der Waals surface area contributed by atoms with Gasteiger partial charge in [0.15, 0.2) is 0 Å². The zero-order valence-electron chi connectivity index (χ0n) is 30.2. The molecule has 0 fully saturated rings. The molecule has 14 nitrogen and oxygen atoms in total. The number of ether oxygens (including phenoxy) is 1. The van der Waals surface area contributed by atoms with Crippen molar-refractivity contribution in [1.82, 2.24) is 19.6 Å². The van der Waals surface area contributed by atoms with Gasteiger partial charge in [-0.2, -0.15) is 13.2 Å². The first-order chi connectivity index (χ1) is 23.5. The maximum absolute atomic E-state index is 11.9. The Labute approximate surface area is 297 Å². The summed E-state index contributed by atoms with van der Waals surface area (Å²) in [5, 5.41) is 15.8. The number of hydrogen-bond donors (Lipinski definition) is 2. The molecule has 0 saturated heterocycles. The molecule has 0 aromatic heterocycles. The van der Waals surface area contributed by atoms with E-state index in [1.165, 1.54) is 23.1 Å². The molecule has 17 heteroatoms. The molecule has 0 heterocycles. The minimum atomic E-state index is -5.08. The van der Waals surface area contributed by atoms with Crippen molar-refractivity contribution in [1.29, 1.82) is 0 Å². The number of carbonyl (C=O) groups excluding carboxylic acids is 5. The fourth-order valence-corrected chi connectivity index (χ4v) is 3.78. The van der Waals surface area contributed by atoms with Crippen LogP contribution in [0, 0.1) is 0 Å². The molecule has 0 unspecified atom stereocenters. The fourth-order valence-electron chi connectivity index (χ4n) is 3.78. The van der Waals surface area contributed by atoms with E-state index >= 15 is 0 Å². The Kier molecular flexibility index (Phi) is 26.5. The summed E-state index contributed by atoms with van der Waals surface area (Å²) in [5.41, 5.74) is -0.545. The Morgan fingerprint density at radius 3 is 1.14 bits per heavy atom. The topological polar surface area (TPSA) is 182 Å². The van der Waals surface area contributed by atoms with E-state index < -0.39 is 23.7 Å². The third kappa shape index (κ3) is 26.6. The standard InChI is InChI=1S/C18H30N2O4.C14H22N2O4.C2HF3O2/c1-7-15(21)19(9-3)12-10-13-20(16(22)8-2)14-11-17(23)24-18(4,5)6;1-4-12(17)15(6-3)9-7-10-16(13(18)5-2)11-8-14(19)20;3-2(4,5)1(6)7/h7-8H,1-2,9-14H2,3-6H3;4-5H,1-2,6-11H2,3H3,(H,19,20);(H,6,7). The Hall–Kier alpha value is -4.96. The highest BCUT2D eigenvalue weighted by atomic mass is 19.4. The van der Waals surface area contributed by atoms with E-state index in [1.54, 1.807) is 35.5 Å². The van der Waals surface area contributed by atoms with Crippen molar-refractivity contribution in [2.75, 3.05) is 52.4 Å². The minimum Gasteiger partial charge on any atom is -0.481 e. The first kappa shape index (κ1) is 50.4. The highest BCUT2D eigenvalue weighted by Gasteiger charge is 2.38. The lowest BCUT2D eigenvalue weighted by Gasteiger charge is -2.25. The molecule has 0 rings (SSSR count). The Morgan fingerprint density at radius 2 is 0.882 bits per heavy atom. The quantitative estimate of drug-likeness (QED) is 0.138. The summed E-state index contributed by atoms with van der Waals surface area (Å²) in [6.07, 6.45) is 1.03. The van der Waals surface area contributed by atoms with Crippen molar-refractivity contribution < 1.29 is 61.7 Å². The molecule has 290 valence electrons. The maximum atomic E-state index is 11.9. The Balaban J connectivity index is -0.000000769. The number of nitrogens with zero attached hydrogens (tertiary/aromatic N) is 4. The van der Waals surface area contributed by atoms with Gasteiger partial charge in [0.2, 0.25) is 23.6 Å². The van der Waals surface area contributed by atoms with E-state index in [0.717, 1.165) is 6.08 Å². The third-order valence-corrected chi connectivity index (χ3v) is 6.26. The number of alkyl halides is 3. The van der Waals surface area contributed by atoms with Crippen molar-refractivity contribution in [2.24, 2.45) is 0 Å². The van der Waals surface area contributed by atoms with E-state index in [9.17, 15) is 41.9 Å². The van der Waals surface area contributed by atoms with Crippen LogP contribution in [-0.4, -0.2) is 135 Å². The number of esters is 1. The molecule has 0 aromatic rings. The molecule has 4 amide bonds. The summed E-state index contributed by atoms with van der Waals surface area (Å²) in [6, 6.07) is 0. The number of carboxylic acids is 2. The van der Waals surface area contributed by atoms with Crippen molar-refractivity contribution in [3.05, 3.63) is 50.6 Å². The number of hydrogen-bond acceptors (Lipinski definition) is 8. The van der Waals surface area contributed by atoms with E-state index in [4.69, 9.17) is 19.7 Å². The van der Waals surface area contributed by atoms with Gasteiger partial charge in [-0.15, -0.1) is 0 Å². The second-order valence-corrected chi connectivity index (χ2v) is 11.3. The lowest BCUT2D eigenvalue weighted by Crippen LogP contribution is -2.37. The number of carboxylic acid groups (broad SMARTS) is 2. The first-order valence-electron chi connectivity index (χ1n) is 15.9. The lowest BCUT2D eigenvalue weighted by atomic mass is 10.2. The molecular formula is C34H53F3N4O10. The van der Waals surface area contributed by atoms with Gasteiger partial charge in [-0.3, -0.25) is 28.8 Å². The molecule has 0 radical (unpaired) electrons. The summed E-state index contributed by atoms with van der Waals surface area (Å²) in [4.78, 5) is 84.0. The average Bonchev–Trinajstić information content (AvgIpc) is 3.05. The Bertz CT molecular complexity index is 1200. The van der Waals surface area contributed by atoms with Crippen LogP contribution in [0.5, 0.6) is 0 Å². The molecule has 2 N–H and O–H groups in total. The average molecular weight is 735 g/mol. The number of amides is 4. The van der Waals surface area contributed by atoms with Gasteiger partial charge >= 0.3 is 24.1 Å². The molecule has 0 aliphatic rings. The van der Waals surface area contributed by atoms with Gasteiger partial charge in [0.05, 0.1) is 12.8 Å². The van der Waals surface area contributed by atoms with Crippen molar-refractivity contribution in [3.8, 4) is 0 Å². The van der Waals surface area contributed by atoms with E-state index in [0.29, 0.717) is 52.1 Å². The summed E-state index contributed by atoms with van der Waals surface area (Å²) >= 11 is 0. The number of halogens is 3. The van der Waals surface area contributed by atoms with Crippen LogP contribution >= 0.6 is 0 Å². The molecule has 51 heavy (non-hydrogen) atoms. The van der Waals surface area contributed by atoms with Crippen LogP contribution < -0.4 is 0 Å². The summed E-state index contributed by atoms with van der Waals surface area (Å²) in [5.74, 6) is -4.88. The molecule has 0 saturated carbocycles. The SMILES string of the molecule is C=CC(=O)N(CC)CCCN(CCC(=O)O)C(=O)C=C.C=CC(=O)N(CC)CCCN(CCC(=O)OC(C)(C)C)C(=O)C=C.O=C(O)C(F)(F)F. The number of likely N-dealkylation sites (N-methyl/N-ethyl adjacent to an activating group) is 2. The summed E-state index contributed by atoms with van der Waals surface area (Å²) in [6.45, 7) is 26.3. The smallest absolute Gasteiger partial charge is 0.481 e. The highest BCUT2D eigenvalue weighted by Crippen LogP contribution is 2.13. The van der Waals surface area contributed by atoms with E-state index in [1.807, 2.05) is 13.8 Å². The van der Waals surface area contributed by atoms with Gasteiger partial charge in [0.1, 0.15) is 5.60 Å². The van der Waals surface area contributed by atoms with Crippen LogP contribution in [0.25, 0.3) is 0 Å². The predicted molar refractivity (Wildman–Crippen MR) is 184 cm³/mol. The summed E-state index contributed by atoms with van der Waals surface area (Å²) in [7, 11) is 0. The van der Waals surface area contributed by atoms with Crippen molar-refractivity contribution >= 4 is 41.5 Å². The lowest BCUT2D eigenvalue weighted by molar-refractivity contribution is -0.192. The first-order valence-corrected chi connectivity index (χ1v) is 15.9. The molecule has 0 aromatic carbocycles. The molecule has 0 aliphatic carbocycles. The minimum absolute atomic E-state index is 0.108. The van der Waals surface area contributed by atoms with Crippen LogP contribution in [0.4, 0.5) is 13.2 Å². The number of rotatable bonds is 20. The van der Waals surface area contributed by atoms with E-state index in [2.05, 4.69) is 26.3 Å². The molecule has 0 atom stereocenters. The second kappa shape index (κ2) is 26.8. The normalized spacial score (nSPS) is 10.4. The second-order valence-electron chi connectivity index (χ2n) is 11.3. The van der Waals surface area contributed by atoms with Crippen LogP contribution in [0.3, 0.4) is 0 Å². The molecule has 0 bridgehead atoms. The molecular weight excluding hydrogens is 681 g/mol. The number of carbonyl (C=O) groups is 7. The van der Waals surface area contributed by atoms with Gasteiger partial charge in [0, 0.05) is 52.4 Å². The predicted octanol–water partition coefficient (Wildman–Crippen LogP) is 3.69. The van der Waals surface area contributed by atoms with Crippen molar-refractivity contribution in [2.45, 2.75) is 72.1 Å². The van der Waals surface area contributed by atoms with Gasteiger partial charge in [0.25, 0.3) is 0 Å². The monoisotopic (exact) mass is 734 g/mol. The van der Waals surface area contributed by atoms with Crippen LogP contribution in [0.2, 0.25) is 0 Å². The van der Waals surface area contributed by atoms with Gasteiger partial charge in [-0.25, -0.2) is 4.79 Å². The van der Waals surface area contributed by atoms with E-state index in [-0.39, 0.29) is 55.5 Å². The number of aliphatic carboxylic acids is 2. The maximum Gasteiger partial charge on any atom is 0.490 e. The summed E-state index contributed by atoms with van der Waals surface area (Å²) < 4.78 is 37.0. The van der Waals surface area contributed by atoms with Gasteiger partial charge in [-0.05, 0) is 71.8 Å². The highest BCUT2D eigenvalue weighted by molar-refractivity contribution is 5.88. The van der Waals surface area contributed by atoms with Crippen LogP contribution in [0.15, 0.2) is 50.6 Å². The van der Waals surface area contributed by atoms with Crippen LogP contribution in [-0.2, 0) is 38.3 Å². The molecule has 0 spiro atoms. The zero-order chi connectivity index (χ0) is 40.4. The third-order valence-electron chi connectivity index (χ3n) is 6.26. The van der Waals surface area contributed by atoms with Crippen LogP contribution in [0.1, 0.15) is 60.3 Å². The van der Waals surface area contributed by atoms with Gasteiger partial charge < -0.3 is 34.5 Å².